The maximum absolute atomic E-state index is 11.8. The number of ether oxygens (including phenoxy) is 1. The smallest absolute Gasteiger partial charge is 0.319 e. The third-order valence-corrected chi connectivity index (χ3v) is 3.89. The lowest BCUT2D eigenvalue weighted by molar-refractivity contribution is 0.250. The standard InChI is InChI=1S/C18H21BrN2O2/c1-13-5-3-6-14(2)17(13)23-12-4-11-20-18(22)21-16-9-7-15(19)8-10-16/h3,5-10H,4,11-12H2,1-2H3,(H2,20,21,22). The van der Waals surface area contributed by atoms with Gasteiger partial charge in [0.25, 0.3) is 0 Å². The molecule has 0 aromatic heterocycles. The summed E-state index contributed by atoms with van der Waals surface area (Å²) in [6.45, 7) is 5.20. The number of carbonyl (C=O) groups is 1. The zero-order valence-electron chi connectivity index (χ0n) is 13.4. The summed E-state index contributed by atoms with van der Waals surface area (Å²) in [4.78, 5) is 11.8. The Kier molecular flexibility index (Phi) is 6.47. The molecule has 0 spiro atoms. The summed E-state index contributed by atoms with van der Waals surface area (Å²) in [6, 6.07) is 13.3. The molecule has 0 bridgehead atoms. The van der Waals surface area contributed by atoms with Crippen molar-refractivity contribution in [2.24, 2.45) is 0 Å². The molecule has 23 heavy (non-hydrogen) atoms. The molecule has 0 aliphatic carbocycles. The number of anilines is 1. The lowest BCUT2D eigenvalue weighted by atomic mass is 10.1. The molecule has 122 valence electrons. The Morgan fingerprint density at radius 3 is 2.39 bits per heavy atom. The molecule has 2 rings (SSSR count). The van der Waals surface area contributed by atoms with Gasteiger partial charge in [-0.2, -0.15) is 0 Å². The summed E-state index contributed by atoms with van der Waals surface area (Å²) < 4.78 is 6.78. The van der Waals surface area contributed by atoms with Crippen molar-refractivity contribution in [1.29, 1.82) is 0 Å². The zero-order valence-corrected chi connectivity index (χ0v) is 14.9. The number of amides is 2. The minimum atomic E-state index is -0.209. The Hall–Kier alpha value is -2.01. The van der Waals surface area contributed by atoms with Crippen molar-refractivity contribution in [3.63, 3.8) is 0 Å². The first-order valence-electron chi connectivity index (χ1n) is 7.55. The second-order valence-electron chi connectivity index (χ2n) is 5.31. The summed E-state index contributed by atoms with van der Waals surface area (Å²) >= 11 is 3.36. The number of para-hydroxylation sites is 1. The van der Waals surface area contributed by atoms with Crippen LogP contribution in [-0.4, -0.2) is 19.2 Å². The average molecular weight is 377 g/mol. The number of carbonyl (C=O) groups excluding carboxylic acids is 1. The first-order chi connectivity index (χ1) is 11.1. The van der Waals surface area contributed by atoms with Crippen LogP contribution in [0.5, 0.6) is 5.75 Å². The molecule has 2 N–H and O–H groups in total. The molecule has 4 nitrogen and oxygen atoms in total. The molecule has 0 heterocycles. The highest BCUT2D eigenvalue weighted by molar-refractivity contribution is 9.10. The normalized spacial score (nSPS) is 10.2. The van der Waals surface area contributed by atoms with Gasteiger partial charge in [0.15, 0.2) is 0 Å². The van der Waals surface area contributed by atoms with Gasteiger partial charge in [0.2, 0.25) is 0 Å². The molecule has 2 amide bonds. The first-order valence-corrected chi connectivity index (χ1v) is 8.35. The van der Waals surface area contributed by atoms with Crippen LogP contribution in [-0.2, 0) is 0 Å². The van der Waals surface area contributed by atoms with E-state index in [0.29, 0.717) is 13.2 Å². The first kappa shape index (κ1) is 17.3. The van der Waals surface area contributed by atoms with Gasteiger partial charge in [-0.05, 0) is 55.7 Å². The number of halogens is 1. The van der Waals surface area contributed by atoms with Crippen LogP contribution in [0.2, 0.25) is 0 Å². The lowest BCUT2D eigenvalue weighted by Gasteiger charge is -2.12. The molecule has 0 saturated carbocycles. The minimum absolute atomic E-state index is 0.209. The van der Waals surface area contributed by atoms with Crippen molar-refractivity contribution >= 4 is 27.6 Å². The number of urea groups is 1. The average Bonchev–Trinajstić information content (AvgIpc) is 2.52. The predicted molar refractivity (Wildman–Crippen MR) is 97.2 cm³/mol. The maximum atomic E-state index is 11.8. The van der Waals surface area contributed by atoms with E-state index in [2.05, 4.69) is 26.6 Å². The highest BCUT2D eigenvalue weighted by Crippen LogP contribution is 2.22. The van der Waals surface area contributed by atoms with E-state index in [9.17, 15) is 4.79 Å². The molecule has 0 aliphatic heterocycles. The number of aryl methyl sites for hydroxylation is 2. The van der Waals surface area contributed by atoms with E-state index in [1.165, 1.54) is 0 Å². The van der Waals surface area contributed by atoms with Gasteiger partial charge in [-0.15, -0.1) is 0 Å². The lowest BCUT2D eigenvalue weighted by Crippen LogP contribution is -2.30. The SMILES string of the molecule is Cc1cccc(C)c1OCCCNC(=O)Nc1ccc(Br)cc1. The van der Waals surface area contributed by atoms with Gasteiger partial charge in [-0.25, -0.2) is 4.79 Å². The topological polar surface area (TPSA) is 50.4 Å². The van der Waals surface area contributed by atoms with E-state index < -0.39 is 0 Å². The number of hydrogen-bond acceptors (Lipinski definition) is 2. The Bertz CT molecular complexity index is 636. The molecule has 2 aromatic rings. The third kappa shape index (κ3) is 5.60. The van der Waals surface area contributed by atoms with Crippen LogP contribution in [0.3, 0.4) is 0 Å². The highest BCUT2D eigenvalue weighted by atomic mass is 79.9. The van der Waals surface area contributed by atoms with Gasteiger partial charge in [-0.1, -0.05) is 34.1 Å². The van der Waals surface area contributed by atoms with Crippen LogP contribution < -0.4 is 15.4 Å². The molecule has 2 aromatic carbocycles. The summed E-state index contributed by atoms with van der Waals surface area (Å²) in [5, 5.41) is 5.60. The van der Waals surface area contributed by atoms with Crippen molar-refractivity contribution in [3.8, 4) is 5.75 Å². The molecule has 0 atom stereocenters. The Balaban J connectivity index is 1.67. The van der Waals surface area contributed by atoms with Gasteiger partial charge < -0.3 is 15.4 Å². The summed E-state index contributed by atoms with van der Waals surface area (Å²) in [5.74, 6) is 0.937. The molecule has 0 unspecified atom stereocenters. The fourth-order valence-corrected chi connectivity index (χ4v) is 2.45. The maximum Gasteiger partial charge on any atom is 0.319 e. The quantitative estimate of drug-likeness (QED) is 0.720. The van der Waals surface area contributed by atoms with E-state index in [1.54, 1.807) is 0 Å². The number of hydrogen-bond donors (Lipinski definition) is 2. The number of benzene rings is 2. The van der Waals surface area contributed by atoms with E-state index in [0.717, 1.165) is 33.5 Å². The largest absolute Gasteiger partial charge is 0.493 e. The van der Waals surface area contributed by atoms with E-state index in [-0.39, 0.29) is 6.03 Å². The third-order valence-electron chi connectivity index (χ3n) is 3.36. The van der Waals surface area contributed by atoms with Crippen molar-refractivity contribution in [2.75, 3.05) is 18.5 Å². The van der Waals surface area contributed by atoms with Crippen LogP contribution in [0.1, 0.15) is 17.5 Å². The molecular weight excluding hydrogens is 356 g/mol. The molecular formula is C18H21BrN2O2. The molecule has 0 radical (unpaired) electrons. The second kappa shape index (κ2) is 8.58. The van der Waals surface area contributed by atoms with Gasteiger partial charge >= 0.3 is 6.03 Å². The van der Waals surface area contributed by atoms with Crippen molar-refractivity contribution in [3.05, 3.63) is 58.1 Å². The number of rotatable bonds is 6. The fourth-order valence-electron chi connectivity index (χ4n) is 2.18. The Labute approximate surface area is 145 Å². The molecule has 0 fully saturated rings. The summed E-state index contributed by atoms with van der Waals surface area (Å²) in [6.07, 6.45) is 0.752. The number of nitrogens with one attached hydrogen (secondary N) is 2. The predicted octanol–water partition coefficient (Wildman–Crippen LogP) is 4.66. The van der Waals surface area contributed by atoms with E-state index >= 15 is 0 Å². The highest BCUT2D eigenvalue weighted by Gasteiger charge is 2.04. The van der Waals surface area contributed by atoms with E-state index in [1.807, 2.05) is 56.3 Å². The van der Waals surface area contributed by atoms with Crippen molar-refractivity contribution in [2.45, 2.75) is 20.3 Å². The summed E-state index contributed by atoms with van der Waals surface area (Å²) in [7, 11) is 0. The van der Waals surface area contributed by atoms with Crippen LogP contribution >= 0.6 is 15.9 Å². The van der Waals surface area contributed by atoms with Crippen LogP contribution in [0, 0.1) is 13.8 Å². The monoisotopic (exact) mass is 376 g/mol. The molecule has 5 heteroatoms. The van der Waals surface area contributed by atoms with Gasteiger partial charge in [-0.3, -0.25) is 0 Å². The zero-order chi connectivity index (χ0) is 16.7. The fraction of sp³-hybridized carbons (Fsp3) is 0.278. The Morgan fingerprint density at radius 1 is 1.09 bits per heavy atom. The van der Waals surface area contributed by atoms with Crippen molar-refractivity contribution in [1.82, 2.24) is 5.32 Å². The van der Waals surface area contributed by atoms with Crippen LogP contribution in [0.4, 0.5) is 10.5 Å². The minimum Gasteiger partial charge on any atom is -0.493 e. The molecule has 0 saturated heterocycles. The molecule has 0 aliphatic rings. The summed E-state index contributed by atoms with van der Waals surface area (Å²) in [5.41, 5.74) is 3.02. The van der Waals surface area contributed by atoms with Crippen molar-refractivity contribution < 1.29 is 9.53 Å². The van der Waals surface area contributed by atoms with Crippen LogP contribution in [0.15, 0.2) is 46.9 Å². The van der Waals surface area contributed by atoms with Crippen LogP contribution in [0.25, 0.3) is 0 Å². The van der Waals surface area contributed by atoms with E-state index in [4.69, 9.17) is 4.74 Å². The van der Waals surface area contributed by atoms with Gasteiger partial charge in [0.1, 0.15) is 5.75 Å². The Morgan fingerprint density at radius 2 is 1.74 bits per heavy atom. The van der Waals surface area contributed by atoms with Gasteiger partial charge in [0.05, 0.1) is 6.61 Å². The second-order valence-corrected chi connectivity index (χ2v) is 6.23. The van der Waals surface area contributed by atoms with Gasteiger partial charge in [0, 0.05) is 16.7 Å².